The smallest absolute Gasteiger partial charge is 0.411 e. The first-order valence-electron chi connectivity index (χ1n) is 8.63. The molecule has 0 aliphatic rings. The lowest BCUT2D eigenvalue weighted by atomic mass is 10.00. The molecule has 1 amide bonds. The summed E-state index contributed by atoms with van der Waals surface area (Å²) < 4.78 is 5.25. The molecule has 1 aromatic rings. The Morgan fingerprint density at radius 1 is 1.40 bits per heavy atom. The number of hydrogen-bond acceptors (Lipinski definition) is 4. The molecule has 0 heterocycles. The van der Waals surface area contributed by atoms with Crippen molar-refractivity contribution in [3.63, 3.8) is 0 Å². The summed E-state index contributed by atoms with van der Waals surface area (Å²) in [5.41, 5.74) is 2.53. The molecule has 5 heteroatoms. The Labute approximate surface area is 150 Å². The molecule has 1 rings (SSSR count). The largest absolute Gasteiger partial charge is 0.508 e. The number of nitriles is 1. The van der Waals surface area contributed by atoms with E-state index in [9.17, 15) is 9.90 Å². The number of aromatic hydroxyl groups is 1. The van der Waals surface area contributed by atoms with Gasteiger partial charge in [-0.2, -0.15) is 5.26 Å². The van der Waals surface area contributed by atoms with Crippen LogP contribution in [-0.2, 0) is 4.74 Å². The first kappa shape index (κ1) is 20.6. The van der Waals surface area contributed by atoms with Gasteiger partial charge in [0.05, 0.1) is 12.7 Å². The van der Waals surface area contributed by atoms with E-state index in [1.165, 1.54) is 0 Å². The van der Waals surface area contributed by atoms with Crippen molar-refractivity contribution in [3.8, 4) is 11.8 Å². The standard InChI is InChI=1S/C20H28N2O3/c1-14(12-21)6-5-7-15(2)13-25-20(24)22-17(4)11-18-8-9-19(23)10-16(18)3/h8-11,14-15,23H,5-7,13H2,1-4H3,(H,22,24)/b17-11+. The molecule has 0 aromatic heterocycles. The highest BCUT2D eigenvalue weighted by atomic mass is 16.5. The third-order valence-electron chi connectivity index (χ3n) is 3.98. The molecule has 0 aliphatic carbocycles. The molecule has 0 fully saturated rings. The van der Waals surface area contributed by atoms with Crippen LogP contribution in [0.1, 0.15) is 51.2 Å². The molecule has 0 bridgehead atoms. The summed E-state index contributed by atoms with van der Waals surface area (Å²) in [6, 6.07) is 7.30. The van der Waals surface area contributed by atoms with Crippen molar-refractivity contribution < 1.29 is 14.6 Å². The zero-order valence-corrected chi connectivity index (χ0v) is 15.5. The van der Waals surface area contributed by atoms with E-state index in [2.05, 4.69) is 11.4 Å². The lowest BCUT2D eigenvalue weighted by Crippen LogP contribution is -2.24. The van der Waals surface area contributed by atoms with Gasteiger partial charge in [0.1, 0.15) is 5.75 Å². The number of hydrogen-bond donors (Lipinski definition) is 2. The second-order valence-electron chi connectivity index (χ2n) is 6.66. The molecule has 2 unspecified atom stereocenters. The zero-order valence-electron chi connectivity index (χ0n) is 15.5. The van der Waals surface area contributed by atoms with E-state index < -0.39 is 6.09 Å². The highest BCUT2D eigenvalue weighted by Crippen LogP contribution is 2.18. The number of nitrogens with one attached hydrogen (secondary N) is 1. The Bertz CT molecular complexity index is 647. The maximum Gasteiger partial charge on any atom is 0.411 e. The molecule has 0 saturated carbocycles. The van der Waals surface area contributed by atoms with E-state index in [4.69, 9.17) is 10.00 Å². The van der Waals surface area contributed by atoms with Gasteiger partial charge in [0.15, 0.2) is 0 Å². The van der Waals surface area contributed by atoms with Gasteiger partial charge in [0.2, 0.25) is 0 Å². The SMILES string of the molecule is C/C(=C\c1ccc(O)cc1C)NC(=O)OCC(C)CCCC(C)C#N. The van der Waals surface area contributed by atoms with Crippen LogP contribution in [0.25, 0.3) is 6.08 Å². The fourth-order valence-electron chi connectivity index (χ4n) is 2.43. The molecular weight excluding hydrogens is 316 g/mol. The Morgan fingerprint density at radius 3 is 2.76 bits per heavy atom. The molecule has 0 spiro atoms. The molecule has 5 nitrogen and oxygen atoms in total. The first-order chi connectivity index (χ1) is 11.8. The van der Waals surface area contributed by atoms with Gasteiger partial charge in [-0.3, -0.25) is 5.32 Å². The number of amides is 1. The lowest BCUT2D eigenvalue weighted by molar-refractivity contribution is 0.130. The van der Waals surface area contributed by atoms with Crippen LogP contribution < -0.4 is 5.32 Å². The maximum absolute atomic E-state index is 11.9. The van der Waals surface area contributed by atoms with E-state index in [0.717, 1.165) is 30.4 Å². The quantitative estimate of drug-likeness (QED) is 0.712. The molecular formula is C20H28N2O3. The van der Waals surface area contributed by atoms with E-state index in [-0.39, 0.29) is 17.6 Å². The number of ether oxygens (including phenoxy) is 1. The predicted octanol–water partition coefficient (Wildman–Crippen LogP) is 4.75. The number of carbonyl (C=O) groups excluding carboxylic acids is 1. The average Bonchev–Trinajstić information content (AvgIpc) is 2.55. The number of rotatable bonds is 8. The Morgan fingerprint density at radius 2 is 2.12 bits per heavy atom. The van der Waals surface area contributed by atoms with Crippen LogP contribution in [0.15, 0.2) is 23.9 Å². The molecule has 136 valence electrons. The first-order valence-corrected chi connectivity index (χ1v) is 8.63. The Balaban J connectivity index is 2.38. The third kappa shape index (κ3) is 8.25. The van der Waals surface area contributed by atoms with Crippen molar-refractivity contribution in [1.29, 1.82) is 5.26 Å². The van der Waals surface area contributed by atoms with Crippen molar-refractivity contribution in [2.45, 2.75) is 47.0 Å². The van der Waals surface area contributed by atoms with E-state index in [1.54, 1.807) is 25.1 Å². The van der Waals surface area contributed by atoms with Crippen LogP contribution in [0, 0.1) is 30.1 Å². The molecule has 25 heavy (non-hydrogen) atoms. The number of phenols is 1. The van der Waals surface area contributed by atoms with Crippen molar-refractivity contribution in [1.82, 2.24) is 5.32 Å². The minimum atomic E-state index is -0.470. The summed E-state index contributed by atoms with van der Waals surface area (Å²) in [6.07, 6.45) is 4.13. The highest BCUT2D eigenvalue weighted by molar-refractivity contribution is 5.72. The molecule has 2 N–H and O–H groups in total. The topological polar surface area (TPSA) is 82.3 Å². The maximum atomic E-state index is 11.9. The highest BCUT2D eigenvalue weighted by Gasteiger charge is 2.09. The predicted molar refractivity (Wildman–Crippen MR) is 98.8 cm³/mol. The molecule has 0 radical (unpaired) electrons. The van der Waals surface area contributed by atoms with Gasteiger partial charge in [-0.05, 0) is 68.9 Å². The van der Waals surface area contributed by atoms with Crippen molar-refractivity contribution in [2.24, 2.45) is 11.8 Å². The van der Waals surface area contributed by atoms with E-state index >= 15 is 0 Å². The fraction of sp³-hybridized carbons (Fsp3) is 0.500. The van der Waals surface area contributed by atoms with Crippen molar-refractivity contribution in [2.75, 3.05) is 6.61 Å². The summed E-state index contributed by atoms with van der Waals surface area (Å²) in [4.78, 5) is 11.9. The summed E-state index contributed by atoms with van der Waals surface area (Å²) in [6.45, 7) is 8.00. The lowest BCUT2D eigenvalue weighted by Gasteiger charge is -2.13. The number of phenolic OH excluding ortho intramolecular Hbond substituents is 1. The van der Waals surface area contributed by atoms with Crippen molar-refractivity contribution >= 4 is 12.2 Å². The molecule has 2 atom stereocenters. The zero-order chi connectivity index (χ0) is 18.8. The molecule has 1 aromatic carbocycles. The van der Waals surface area contributed by atoms with Crippen LogP contribution in [0.3, 0.4) is 0 Å². The van der Waals surface area contributed by atoms with Gasteiger partial charge in [0.25, 0.3) is 0 Å². The molecule has 0 aliphatic heterocycles. The monoisotopic (exact) mass is 344 g/mol. The number of aryl methyl sites for hydroxylation is 1. The number of benzene rings is 1. The van der Waals surface area contributed by atoms with Crippen molar-refractivity contribution in [3.05, 3.63) is 35.0 Å². The minimum Gasteiger partial charge on any atom is -0.508 e. The van der Waals surface area contributed by atoms with Crippen LogP contribution in [-0.4, -0.2) is 17.8 Å². The fourth-order valence-corrected chi connectivity index (χ4v) is 2.43. The average molecular weight is 344 g/mol. The number of carbonyl (C=O) groups is 1. The molecule has 0 saturated heterocycles. The normalized spacial score (nSPS) is 13.6. The minimum absolute atomic E-state index is 0.0764. The van der Waals surface area contributed by atoms with Crippen LogP contribution in [0.4, 0.5) is 4.79 Å². The second-order valence-corrected chi connectivity index (χ2v) is 6.66. The van der Waals surface area contributed by atoms with Crippen LogP contribution in [0.5, 0.6) is 5.75 Å². The van der Waals surface area contributed by atoms with Gasteiger partial charge in [-0.15, -0.1) is 0 Å². The van der Waals surface area contributed by atoms with Gasteiger partial charge in [-0.25, -0.2) is 4.79 Å². The van der Waals surface area contributed by atoms with Gasteiger partial charge < -0.3 is 9.84 Å². The summed E-state index contributed by atoms with van der Waals surface area (Å²) in [5.74, 6) is 0.561. The van der Waals surface area contributed by atoms with E-state index in [0.29, 0.717) is 12.3 Å². The van der Waals surface area contributed by atoms with Crippen LogP contribution >= 0.6 is 0 Å². The number of alkyl carbamates (subject to hydrolysis) is 1. The third-order valence-corrected chi connectivity index (χ3v) is 3.98. The summed E-state index contributed by atoms with van der Waals surface area (Å²) in [7, 11) is 0. The van der Waals surface area contributed by atoms with Gasteiger partial charge in [-0.1, -0.05) is 19.4 Å². The summed E-state index contributed by atoms with van der Waals surface area (Å²) >= 11 is 0. The van der Waals surface area contributed by atoms with Gasteiger partial charge >= 0.3 is 6.09 Å². The second kappa shape index (κ2) is 10.4. The Kier molecular flexibility index (Phi) is 8.55. The Hall–Kier alpha value is -2.48. The van der Waals surface area contributed by atoms with E-state index in [1.807, 2.05) is 26.8 Å². The number of nitrogens with zero attached hydrogens (tertiary/aromatic N) is 1. The number of allylic oxidation sites excluding steroid dienone is 1. The summed E-state index contributed by atoms with van der Waals surface area (Å²) in [5, 5.41) is 20.9. The van der Waals surface area contributed by atoms with Crippen LogP contribution in [0.2, 0.25) is 0 Å². The van der Waals surface area contributed by atoms with Gasteiger partial charge in [0, 0.05) is 11.6 Å².